The smallest absolute Gasteiger partial charge is 0.230 e. The zero-order valence-electron chi connectivity index (χ0n) is 16.1. The number of carbonyl (C=O) groups is 2. The summed E-state index contributed by atoms with van der Waals surface area (Å²) in [5.74, 6) is -0.904. The molecule has 0 aromatic heterocycles. The van der Waals surface area contributed by atoms with Crippen molar-refractivity contribution in [3.63, 3.8) is 0 Å². The highest BCUT2D eigenvalue weighted by Gasteiger charge is 2.66. The summed E-state index contributed by atoms with van der Waals surface area (Å²) in [6.07, 6.45) is 5.34. The van der Waals surface area contributed by atoms with Crippen LogP contribution in [0, 0.1) is 25.7 Å². The Hall–Kier alpha value is -2.40. The predicted octanol–water partition coefficient (Wildman–Crippen LogP) is 2.23. The molecule has 2 fully saturated rings. The molecule has 0 N–H and O–H groups in total. The van der Waals surface area contributed by atoms with Crippen LogP contribution < -0.4 is 0 Å². The second-order valence-electron chi connectivity index (χ2n) is 8.02. The first-order chi connectivity index (χ1) is 12.9. The first-order valence-electron chi connectivity index (χ1n) is 9.44. The minimum absolute atomic E-state index is 0.0189. The number of carbonyl (C=O) groups excluding carboxylic acids is 2. The quantitative estimate of drug-likeness (QED) is 0.751. The molecule has 1 aromatic carbocycles. The highest BCUT2D eigenvalue weighted by atomic mass is 16.5. The summed E-state index contributed by atoms with van der Waals surface area (Å²) in [5, 5.41) is 0. The van der Waals surface area contributed by atoms with Gasteiger partial charge in [0.05, 0.1) is 24.5 Å². The molecule has 0 saturated carbocycles. The summed E-state index contributed by atoms with van der Waals surface area (Å²) in [5.41, 5.74) is 2.90. The Kier molecular flexibility index (Phi) is 4.22. The average molecular weight is 366 g/mol. The average Bonchev–Trinajstić information content (AvgIpc) is 3.26. The molecule has 4 rings (SSSR count). The fourth-order valence-corrected chi connectivity index (χ4v) is 4.65. The first-order valence-corrected chi connectivity index (χ1v) is 9.44. The van der Waals surface area contributed by atoms with Crippen molar-refractivity contribution in [2.75, 3.05) is 20.1 Å². The molecular formula is C22H26N2O3. The number of hydrogen-bond acceptors (Lipinski definition) is 3. The van der Waals surface area contributed by atoms with Crippen LogP contribution in [-0.2, 0) is 20.9 Å². The Morgan fingerprint density at radius 3 is 2.89 bits per heavy atom. The number of aryl methyl sites for hydroxylation is 2. The third-order valence-corrected chi connectivity index (χ3v) is 6.19. The molecule has 3 heterocycles. The van der Waals surface area contributed by atoms with E-state index in [0.29, 0.717) is 19.6 Å². The van der Waals surface area contributed by atoms with Crippen molar-refractivity contribution >= 4 is 11.8 Å². The van der Waals surface area contributed by atoms with Crippen molar-refractivity contribution in [1.29, 1.82) is 0 Å². The van der Waals surface area contributed by atoms with Crippen LogP contribution in [0.3, 0.4) is 0 Å². The molecule has 5 nitrogen and oxygen atoms in total. The van der Waals surface area contributed by atoms with Gasteiger partial charge in [0, 0.05) is 20.1 Å². The Morgan fingerprint density at radius 2 is 2.19 bits per heavy atom. The lowest BCUT2D eigenvalue weighted by molar-refractivity contribution is -0.142. The number of ether oxygens (including phenoxy) is 1. The molecule has 27 heavy (non-hydrogen) atoms. The van der Waals surface area contributed by atoms with Gasteiger partial charge in [-0.15, -0.1) is 6.58 Å². The minimum Gasteiger partial charge on any atom is -0.360 e. The number of hydrogen-bond donors (Lipinski definition) is 0. The topological polar surface area (TPSA) is 49.9 Å². The monoisotopic (exact) mass is 366 g/mol. The van der Waals surface area contributed by atoms with Crippen molar-refractivity contribution in [2.24, 2.45) is 11.8 Å². The molecule has 0 unspecified atom stereocenters. The predicted molar refractivity (Wildman–Crippen MR) is 103 cm³/mol. The number of likely N-dealkylation sites (N-methyl/N-ethyl adjacent to an activating group) is 1. The lowest BCUT2D eigenvalue weighted by atomic mass is 9.76. The summed E-state index contributed by atoms with van der Waals surface area (Å²) >= 11 is 0. The largest absolute Gasteiger partial charge is 0.360 e. The molecule has 0 radical (unpaired) electrons. The maximum absolute atomic E-state index is 13.2. The van der Waals surface area contributed by atoms with E-state index in [-0.39, 0.29) is 17.9 Å². The van der Waals surface area contributed by atoms with Gasteiger partial charge >= 0.3 is 0 Å². The number of amides is 2. The number of nitrogens with zero attached hydrogens (tertiary/aromatic N) is 2. The van der Waals surface area contributed by atoms with Crippen LogP contribution in [0.4, 0.5) is 0 Å². The van der Waals surface area contributed by atoms with Crippen LogP contribution in [-0.4, -0.2) is 53.5 Å². The molecule has 0 aliphatic carbocycles. The minimum atomic E-state index is -0.656. The Bertz CT molecular complexity index is 846. The van der Waals surface area contributed by atoms with E-state index in [9.17, 15) is 9.59 Å². The van der Waals surface area contributed by atoms with Crippen molar-refractivity contribution in [2.45, 2.75) is 32.1 Å². The van der Waals surface area contributed by atoms with E-state index < -0.39 is 17.4 Å². The molecule has 1 spiro atoms. The van der Waals surface area contributed by atoms with Gasteiger partial charge in [-0.3, -0.25) is 9.59 Å². The Morgan fingerprint density at radius 1 is 1.41 bits per heavy atom. The van der Waals surface area contributed by atoms with Gasteiger partial charge in [0.1, 0.15) is 5.60 Å². The number of fused-ring (bicyclic) bond motifs is 1. The van der Waals surface area contributed by atoms with E-state index in [1.165, 1.54) is 11.1 Å². The standard InChI is InChI=1S/C22H26N2O3/c1-5-10-23(4)20(25)18-17-8-9-22(27-17)13-24(21(26)19(18)22)12-16-7-6-14(2)15(3)11-16/h5-9,11,17-19H,1,10,12-13H2,2-4H3/t17-,18+,19-,22-/m0/s1. The molecule has 5 heteroatoms. The zero-order valence-corrected chi connectivity index (χ0v) is 16.1. The third-order valence-electron chi connectivity index (χ3n) is 6.19. The van der Waals surface area contributed by atoms with Gasteiger partial charge < -0.3 is 14.5 Å². The molecule has 2 amide bonds. The molecule has 2 bridgehead atoms. The van der Waals surface area contributed by atoms with E-state index in [1.807, 2.05) is 17.1 Å². The van der Waals surface area contributed by atoms with Crippen LogP contribution in [0.5, 0.6) is 0 Å². The molecular weight excluding hydrogens is 340 g/mol. The van der Waals surface area contributed by atoms with Crippen LogP contribution in [0.2, 0.25) is 0 Å². The highest BCUT2D eigenvalue weighted by Crippen LogP contribution is 2.52. The molecule has 142 valence electrons. The lowest BCUT2D eigenvalue weighted by Crippen LogP contribution is -2.44. The van der Waals surface area contributed by atoms with E-state index in [0.717, 1.165) is 5.56 Å². The van der Waals surface area contributed by atoms with Gasteiger partial charge in [0.2, 0.25) is 11.8 Å². The lowest BCUT2D eigenvalue weighted by Gasteiger charge is -2.27. The van der Waals surface area contributed by atoms with Crippen LogP contribution in [0.1, 0.15) is 16.7 Å². The third kappa shape index (κ3) is 2.72. The maximum Gasteiger partial charge on any atom is 0.230 e. The van der Waals surface area contributed by atoms with E-state index in [4.69, 9.17) is 4.74 Å². The van der Waals surface area contributed by atoms with Gasteiger partial charge in [-0.05, 0) is 30.5 Å². The summed E-state index contributed by atoms with van der Waals surface area (Å²) in [6, 6.07) is 6.28. The zero-order chi connectivity index (χ0) is 19.3. The molecule has 1 aromatic rings. The van der Waals surface area contributed by atoms with E-state index in [2.05, 4.69) is 38.6 Å². The van der Waals surface area contributed by atoms with Crippen LogP contribution in [0.15, 0.2) is 43.0 Å². The van der Waals surface area contributed by atoms with Crippen molar-refractivity contribution in [1.82, 2.24) is 9.80 Å². The summed E-state index contributed by atoms with van der Waals surface area (Å²) < 4.78 is 6.18. The van der Waals surface area contributed by atoms with Gasteiger partial charge in [-0.2, -0.15) is 0 Å². The van der Waals surface area contributed by atoms with Gasteiger partial charge in [0.15, 0.2) is 0 Å². The molecule has 2 saturated heterocycles. The number of rotatable bonds is 5. The molecule has 3 aliphatic rings. The number of likely N-dealkylation sites (tertiary alicyclic amines) is 1. The van der Waals surface area contributed by atoms with Gasteiger partial charge in [-0.25, -0.2) is 0 Å². The van der Waals surface area contributed by atoms with Crippen molar-refractivity contribution in [3.05, 3.63) is 59.7 Å². The Balaban J connectivity index is 1.58. The SMILES string of the molecule is C=CCN(C)C(=O)[C@@H]1[C@@H]2C=C[C@@]3(CN(Cc4ccc(C)c(C)c4)C(=O)[C@H]13)O2. The maximum atomic E-state index is 13.2. The van der Waals surface area contributed by atoms with Crippen LogP contribution in [0.25, 0.3) is 0 Å². The first kappa shape index (κ1) is 18.0. The van der Waals surface area contributed by atoms with E-state index >= 15 is 0 Å². The number of benzene rings is 1. The fourth-order valence-electron chi connectivity index (χ4n) is 4.65. The van der Waals surface area contributed by atoms with Crippen molar-refractivity contribution in [3.8, 4) is 0 Å². The van der Waals surface area contributed by atoms with Gasteiger partial charge in [0.25, 0.3) is 0 Å². The van der Waals surface area contributed by atoms with Gasteiger partial charge in [-0.1, -0.05) is 36.4 Å². The summed E-state index contributed by atoms with van der Waals surface area (Å²) in [4.78, 5) is 29.7. The molecule has 4 atom stereocenters. The van der Waals surface area contributed by atoms with Crippen LogP contribution >= 0.6 is 0 Å². The van der Waals surface area contributed by atoms with Crippen molar-refractivity contribution < 1.29 is 14.3 Å². The van der Waals surface area contributed by atoms with E-state index in [1.54, 1.807) is 18.0 Å². The second kappa shape index (κ2) is 6.34. The highest BCUT2D eigenvalue weighted by molar-refractivity contribution is 5.93. The normalized spacial score (nSPS) is 30.7. The summed E-state index contributed by atoms with van der Waals surface area (Å²) in [7, 11) is 1.75. The Labute approximate surface area is 160 Å². The second-order valence-corrected chi connectivity index (χ2v) is 8.02. The molecule has 3 aliphatic heterocycles. The summed E-state index contributed by atoms with van der Waals surface area (Å²) in [6.45, 7) is 9.37. The fraction of sp³-hybridized carbons (Fsp3) is 0.455.